The quantitative estimate of drug-likeness (QED) is 0.558. The van der Waals surface area contributed by atoms with E-state index >= 15 is 0 Å². The Morgan fingerprint density at radius 2 is 1.80 bits per heavy atom. The Bertz CT molecular complexity index is 686. The molecule has 1 aliphatic rings. The van der Waals surface area contributed by atoms with Crippen molar-refractivity contribution in [3.63, 3.8) is 0 Å². The SMILES string of the molecule is Cc1cc(F)c(N)cc1S(=O)(=O)N1CC(=O)NC(=O)C1. The molecule has 0 unspecified atom stereocenters. The number of nitrogens with two attached hydrogens (primary N) is 1. The molecule has 2 amide bonds. The van der Waals surface area contributed by atoms with Crippen LogP contribution in [0.3, 0.4) is 0 Å². The van der Waals surface area contributed by atoms with Crippen LogP contribution in [0.5, 0.6) is 0 Å². The van der Waals surface area contributed by atoms with Crippen molar-refractivity contribution in [3.8, 4) is 0 Å². The smallest absolute Gasteiger partial charge is 0.244 e. The van der Waals surface area contributed by atoms with Crippen LogP contribution in [0.1, 0.15) is 5.56 Å². The van der Waals surface area contributed by atoms with Gasteiger partial charge in [-0.3, -0.25) is 14.9 Å². The average Bonchev–Trinajstić information content (AvgIpc) is 2.32. The van der Waals surface area contributed by atoms with E-state index in [-0.39, 0.29) is 16.1 Å². The van der Waals surface area contributed by atoms with Gasteiger partial charge in [0.05, 0.1) is 23.7 Å². The molecule has 20 heavy (non-hydrogen) atoms. The minimum absolute atomic E-state index is 0.148. The van der Waals surface area contributed by atoms with Crippen LogP contribution in [-0.2, 0) is 19.6 Å². The lowest BCUT2D eigenvalue weighted by atomic mass is 10.2. The lowest BCUT2D eigenvalue weighted by Crippen LogP contribution is -2.53. The third kappa shape index (κ3) is 2.49. The molecule has 0 aromatic heterocycles. The first kappa shape index (κ1) is 14.4. The summed E-state index contributed by atoms with van der Waals surface area (Å²) in [7, 11) is -4.09. The Morgan fingerprint density at radius 3 is 2.35 bits per heavy atom. The van der Waals surface area contributed by atoms with Gasteiger partial charge in [-0.2, -0.15) is 4.31 Å². The van der Waals surface area contributed by atoms with Gasteiger partial charge in [0, 0.05) is 0 Å². The minimum Gasteiger partial charge on any atom is -0.396 e. The Labute approximate surface area is 114 Å². The highest BCUT2D eigenvalue weighted by Crippen LogP contribution is 2.24. The van der Waals surface area contributed by atoms with Crippen molar-refractivity contribution in [2.24, 2.45) is 0 Å². The lowest BCUT2D eigenvalue weighted by molar-refractivity contribution is -0.134. The van der Waals surface area contributed by atoms with Gasteiger partial charge in [-0.1, -0.05) is 0 Å². The Balaban J connectivity index is 2.47. The summed E-state index contributed by atoms with van der Waals surface area (Å²) in [6.07, 6.45) is 0. The molecule has 1 aliphatic heterocycles. The molecule has 2 rings (SSSR count). The van der Waals surface area contributed by atoms with Crippen molar-refractivity contribution < 1.29 is 22.4 Å². The highest BCUT2D eigenvalue weighted by molar-refractivity contribution is 7.89. The third-order valence-corrected chi connectivity index (χ3v) is 4.76. The Morgan fingerprint density at radius 1 is 1.25 bits per heavy atom. The summed E-state index contributed by atoms with van der Waals surface area (Å²) in [5.74, 6) is -2.15. The molecular weight excluding hydrogens is 289 g/mol. The van der Waals surface area contributed by atoms with Crippen LogP contribution in [0.25, 0.3) is 0 Å². The fraction of sp³-hybridized carbons (Fsp3) is 0.273. The van der Waals surface area contributed by atoms with Crippen LogP contribution in [0.2, 0.25) is 0 Å². The predicted molar refractivity (Wildman–Crippen MR) is 67.5 cm³/mol. The van der Waals surface area contributed by atoms with Crippen molar-refractivity contribution in [1.82, 2.24) is 9.62 Å². The molecule has 1 heterocycles. The number of rotatable bonds is 2. The van der Waals surface area contributed by atoms with Gasteiger partial charge in [-0.15, -0.1) is 0 Å². The maximum absolute atomic E-state index is 13.3. The number of amides is 2. The standard InChI is InChI=1S/C11H12FN3O4S/c1-6-2-7(12)8(13)3-9(6)20(18,19)15-4-10(16)14-11(17)5-15/h2-3H,4-5,13H2,1H3,(H,14,16,17). The average molecular weight is 301 g/mol. The van der Waals surface area contributed by atoms with Gasteiger partial charge in [0.1, 0.15) is 5.82 Å². The summed E-state index contributed by atoms with van der Waals surface area (Å²) in [6, 6.07) is 1.98. The maximum atomic E-state index is 13.3. The first-order valence-electron chi connectivity index (χ1n) is 5.60. The number of imide groups is 1. The van der Waals surface area contributed by atoms with E-state index in [0.29, 0.717) is 0 Å². The van der Waals surface area contributed by atoms with Crippen LogP contribution in [0.4, 0.5) is 10.1 Å². The number of benzene rings is 1. The molecule has 0 atom stereocenters. The van der Waals surface area contributed by atoms with Crippen LogP contribution in [0.15, 0.2) is 17.0 Å². The van der Waals surface area contributed by atoms with Gasteiger partial charge in [-0.25, -0.2) is 12.8 Å². The number of aryl methyl sites for hydroxylation is 1. The van der Waals surface area contributed by atoms with Crippen molar-refractivity contribution in [2.45, 2.75) is 11.8 Å². The van der Waals surface area contributed by atoms with Crippen LogP contribution >= 0.6 is 0 Å². The number of sulfonamides is 1. The number of hydrogen-bond donors (Lipinski definition) is 2. The summed E-state index contributed by atoms with van der Waals surface area (Å²) >= 11 is 0. The molecule has 1 aromatic rings. The van der Waals surface area contributed by atoms with Crippen molar-refractivity contribution in [2.75, 3.05) is 18.8 Å². The predicted octanol–water partition coefficient (Wildman–Crippen LogP) is -0.637. The van der Waals surface area contributed by atoms with Gasteiger partial charge in [0.15, 0.2) is 0 Å². The van der Waals surface area contributed by atoms with Crippen LogP contribution in [0, 0.1) is 12.7 Å². The maximum Gasteiger partial charge on any atom is 0.244 e. The molecular formula is C11H12FN3O4S. The van der Waals surface area contributed by atoms with Crippen LogP contribution < -0.4 is 11.1 Å². The second-order valence-electron chi connectivity index (χ2n) is 4.38. The van der Waals surface area contributed by atoms with Crippen molar-refractivity contribution in [1.29, 1.82) is 0 Å². The summed E-state index contributed by atoms with van der Waals surface area (Å²) < 4.78 is 38.7. The van der Waals surface area contributed by atoms with E-state index in [1.54, 1.807) is 0 Å². The monoisotopic (exact) mass is 301 g/mol. The highest BCUT2D eigenvalue weighted by atomic mass is 32.2. The normalized spacial score (nSPS) is 17.1. The minimum atomic E-state index is -4.09. The summed E-state index contributed by atoms with van der Waals surface area (Å²) in [4.78, 5) is 22.3. The largest absolute Gasteiger partial charge is 0.396 e. The second-order valence-corrected chi connectivity index (χ2v) is 6.29. The number of piperazine rings is 1. The number of carbonyl (C=O) groups excluding carboxylic acids is 2. The zero-order chi connectivity index (χ0) is 15.1. The molecule has 9 heteroatoms. The van der Waals surface area contributed by atoms with E-state index in [1.165, 1.54) is 6.92 Å². The topological polar surface area (TPSA) is 110 Å². The Kier molecular flexibility index (Phi) is 3.48. The van der Waals surface area contributed by atoms with Gasteiger partial charge in [-0.05, 0) is 24.6 Å². The molecule has 108 valence electrons. The number of halogens is 1. The van der Waals surface area contributed by atoms with E-state index in [1.807, 2.05) is 5.32 Å². The van der Waals surface area contributed by atoms with Crippen molar-refractivity contribution >= 4 is 27.5 Å². The summed E-state index contributed by atoms with van der Waals surface area (Å²) in [6.45, 7) is 0.469. The molecule has 3 N–H and O–H groups in total. The molecule has 0 aliphatic carbocycles. The van der Waals surface area contributed by atoms with Crippen molar-refractivity contribution in [3.05, 3.63) is 23.5 Å². The third-order valence-electron chi connectivity index (χ3n) is 2.83. The molecule has 7 nitrogen and oxygen atoms in total. The fourth-order valence-electron chi connectivity index (χ4n) is 1.87. The number of hydrogen-bond acceptors (Lipinski definition) is 5. The summed E-state index contributed by atoms with van der Waals surface area (Å²) in [5.41, 5.74) is 5.20. The number of carbonyl (C=O) groups is 2. The number of nitrogen functional groups attached to an aromatic ring is 1. The molecule has 0 saturated carbocycles. The van der Waals surface area contributed by atoms with E-state index in [0.717, 1.165) is 16.4 Å². The first-order chi connectivity index (χ1) is 9.21. The fourth-order valence-corrected chi connectivity index (χ4v) is 3.46. The molecule has 1 saturated heterocycles. The van der Waals surface area contributed by atoms with E-state index in [9.17, 15) is 22.4 Å². The lowest BCUT2D eigenvalue weighted by Gasteiger charge is -2.25. The van der Waals surface area contributed by atoms with Gasteiger partial charge >= 0.3 is 0 Å². The molecule has 0 radical (unpaired) electrons. The molecule has 0 spiro atoms. The van der Waals surface area contributed by atoms with E-state index < -0.39 is 40.7 Å². The first-order valence-corrected chi connectivity index (χ1v) is 7.04. The zero-order valence-electron chi connectivity index (χ0n) is 10.5. The van der Waals surface area contributed by atoms with Gasteiger partial charge in [0.2, 0.25) is 21.8 Å². The number of nitrogens with zero attached hydrogens (tertiary/aromatic N) is 1. The van der Waals surface area contributed by atoms with Gasteiger partial charge < -0.3 is 5.73 Å². The number of anilines is 1. The highest BCUT2D eigenvalue weighted by Gasteiger charge is 2.34. The summed E-state index contributed by atoms with van der Waals surface area (Å²) in [5, 5.41) is 2.00. The molecule has 0 bridgehead atoms. The molecule has 1 fully saturated rings. The van der Waals surface area contributed by atoms with Crippen LogP contribution in [-0.4, -0.2) is 37.6 Å². The zero-order valence-corrected chi connectivity index (χ0v) is 11.3. The van der Waals surface area contributed by atoms with E-state index in [2.05, 4.69) is 0 Å². The molecule has 1 aromatic carbocycles. The van der Waals surface area contributed by atoms with E-state index in [4.69, 9.17) is 5.73 Å². The Hall–Kier alpha value is -2.00. The second kappa shape index (κ2) is 4.84. The number of nitrogens with one attached hydrogen (secondary N) is 1. The van der Waals surface area contributed by atoms with Gasteiger partial charge in [0.25, 0.3) is 0 Å².